The van der Waals surface area contributed by atoms with Gasteiger partial charge in [0, 0.05) is 49.0 Å². The van der Waals surface area contributed by atoms with Crippen molar-refractivity contribution in [2.75, 3.05) is 20.2 Å². The quantitative estimate of drug-likeness (QED) is 0.280. The van der Waals surface area contributed by atoms with Crippen LogP contribution >= 0.6 is 0 Å². The van der Waals surface area contributed by atoms with Crippen LogP contribution in [0, 0.1) is 5.21 Å². The fourth-order valence-corrected chi connectivity index (χ4v) is 4.88. The Morgan fingerprint density at radius 1 is 1.20 bits per heavy atom. The maximum atomic E-state index is 13.5. The first-order valence-corrected chi connectivity index (χ1v) is 12.4. The SMILES string of the molecule is COc1ccc(-c2nc(C(=O)N3CCC(O)(c4cccc[n+]4[O-])CC3)c([C@H](C)N)o2)c2ccc(C(F)(F)F)nc12. The molecule has 4 heterocycles. The van der Waals surface area contributed by atoms with Gasteiger partial charge in [-0.1, -0.05) is 0 Å². The van der Waals surface area contributed by atoms with Crippen molar-refractivity contribution in [1.82, 2.24) is 14.9 Å². The largest absolute Gasteiger partial charge is 0.618 e. The third kappa shape index (κ3) is 4.82. The first-order chi connectivity index (χ1) is 18.9. The molecule has 1 saturated heterocycles. The summed E-state index contributed by atoms with van der Waals surface area (Å²) in [6.07, 6.45) is -3.10. The Labute approximate surface area is 226 Å². The molecule has 1 aliphatic heterocycles. The number of ether oxygens (including phenoxy) is 1. The second-order valence-electron chi connectivity index (χ2n) is 9.66. The number of likely N-dealkylation sites (tertiary alicyclic amines) is 1. The molecule has 1 amide bonds. The number of hydrogen-bond acceptors (Lipinski definition) is 8. The lowest BCUT2D eigenvalue weighted by molar-refractivity contribution is -0.623. The van der Waals surface area contributed by atoms with Crippen LogP contribution in [0.2, 0.25) is 0 Å². The van der Waals surface area contributed by atoms with Crippen molar-refractivity contribution in [1.29, 1.82) is 0 Å². The lowest BCUT2D eigenvalue weighted by atomic mass is 9.87. The van der Waals surface area contributed by atoms with Crippen LogP contribution < -0.4 is 15.2 Å². The predicted molar refractivity (Wildman–Crippen MR) is 136 cm³/mol. The first kappa shape index (κ1) is 27.3. The van der Waals surface area contributed by atoms with Gasteiger partial charge in [0.15, 0.2) is 23.3 Å². The van der Waals surface area contributed by atoms with Crippen LogP contribution in [0.3, 0.4) is 0 Å². The standard InChI is InChI=1S/C27H26F3N5O5/c1-15(31)23-22(25(36)34-13-10-26(37,11-14-34)20-5-3-4-12-35(20)38)33-24(40-23)17-6-8-18(39-2)21-16(17)7-9-19(32-21)27(28,29)30/h3-9,12,15,37H,10-11,13-14,31H2,1-2H3/t15-/m0/s1. The summed E-state index contributed by atoms with van der Waals surface area (Å²) in [5, 5.41) is 23.6. The molecule has 40 heavy (non-hydrogen) atoms. The van der Waals surface area contributed by atoms with Gasteiger partial charge in [-0.15, -0.1) is 0 Å². The Balaban J connectivity index is 1.48. The number of nitrogens with two attached hydrogens (primary N) is 1. The van der Waals surface area contributed by atoms with Crippen LogP contribution in [-0.2, 0) is 11.8 Å². The van der Waals surface area contributed by atoms with Gasteiger partial charge in [0.1, 0.15) is 17.0 Å². The molecule has 0 aliphatic carbocycles. The number of methoxy groups -OCH3 is 1. The van der Waals surface area contributed by atoms with Crippen LogP contribution in [0.25, 0.3) is 22.4 Å². The molecule has 0 unspecified atom stereocenters. The smallest absolute Gasteiger partial charge is 0.433 e. The third-order valence-corrected chi connectivity index (χ3v) is 7.01. The van der Waals surface area contributed by atoms with E-state index in [1.807, 2.05) is 0 Å². The molecule has 13 heteroatoms. The summed E-state index contributed by atoms with van der Waals surface area (Å²) in [5.41, 5.74) is 4.03. The van der Waals surface area contributed by atoms with Crippen LogP contribution in [0.1, 0.15) is 53.4 Å². The topological polar surface area (TPSA) is 142 Å². The minimum atomic E-state index is -4.66. The van der Waals surface area contributed by atoms with Crippen molar-refractivity contribution >= 4 is 16.8 Å². The molecule has 1 aromatic carbocycles. The number of fused-ring (bicyclic) bond motifs is 1. The van der Waals surface area contributed by atoms with Gasteiger partial charge in [0.05, 0.1) is 13.2 Å². The van der Waals surface area contributed by atoms with E-state index >= 15 is 0 Å². The number of aromatic nitrogens is 3. The molecule has 210 valence electrons. The van der Waals surface area contributed by atoms with E-state index in [1.54, 1.807) is 31.2 Å². The summed E-state index contributed by atoms with van der Waals surface area (Å²) >= 11 is 0. The highest BCUT2D eigenvalue weighted by Gasteiger charge is 2.42. The van der Waals surface area contributed by atoms with E-state index in [0.29, 0.717) is 10.3 Å². The molecule has 1 fully saturated rings. The number of carbonyl (C=O) groups is 1. The molecule has 5 rings (SSSR count). The van der Waals surface area contributed by atoms with Gasteiger partial charge >= 0.3 is 6.18 Å². The number of hydrogen-bond donors (Lipinski definition) is 2. The maximum absolute atomic E-state index is 13.5. The number of benzene rings is 1. The van der Waals surface area contributed by atoms with E-state index < -0.39 is 29.4 Å². The Kier molecular flexibility index (Phi) is 6.88. The van der Waals surface area contributed by atoms with Gasteiger partial charge < -0.3 is 30.1 Å². The molecule has 10 nitrogen and oxygen atoms in total. The number of oxazole rings is 1. The van der Waals surface area contributed by atoms with Crippen LogP contribution in [0.15, 0.2) is 53.1 Å². The highest BCUT2D eigenvalue weighted by atomic mass is 19.4. The summed E-state index contributed by atoms with van der Waals surface area (Å²) in [5.74, 6) is -0.276. The van der Waals surface area contributed by atoms with Gasteiger partial charge in [0.2, 0.25) is 11.6 Å². The van der Waals surface area contributed by atoms with E-state index in [-0.39, 0.29) is 65.6 Å². The van der Waals surface area contributed by atoms with Crippen molar-refractivity contribution in [2.45, 2.75) is 37.6 Å². The zero-order valence-corrected chi connectivity index (χ0v) is 21.6. The zero-order chi connectivity index (χ0) is 28.8. The minimum Gasteiger partial charge on any atom is -0.618 e. The summed E-state index contributed by atoms with van der Waals surface area (Å²) in [7, 11) is 1.32. The molecule has 0 saturated carbocycles. The minimum absolute atomic E-state index is 0.0185. The Morgan fingerprint density at radius 2 is 1.93 bits per heavy atom. The van der Waals surface area contributed by atoms with E-state index in [9.17, 15) is 28.3 Å². The number of nitrogens with zero attached hydrogens (tertiary/aromatic N) is 4. The number of halogens is 3. The van der Waals surface area contributed by atoms with Crippen molar-refractivity contribution in [3.8, 4) is 17.2 Å². The molecule has 3 N–H and O–H groups in total. The van der Waals surface area contributed by atoms with Crippen LogP contribution in [0.5, 0.6) is 5.75 Å². The van der Waals surface area contributed by atoms with Crippen LogP contribution in [0.4, 0.5) is 13.2 Å². The summed E-state index contributed by atoms with van der Waals surface area (Å²) < 4.78 is 51.7. The first-order valence-electron chi connectivity index (χ1n) is 12.4. The number of alkyl halides is 3. The van der Waals surface area contributed by atoms with E-state index in [4.69, 9.17) is 14.9 Å². The average Bonchev–Trinajstić information content (AvgIpc) is 3.37. The molecule has 1 atom stereocenters. The van der Waals surface area contributed by atoms with E-state index in [2.05, 4.69) is 9.97 Å². The van der Waals surface area contributed by atoms with Crippen LogP contribution in [-0.4, -0.2) is 46.1 Å². The number of piperidine rings is 1. The van der Waals surface area contributed by atoms with Crippen molar-refractivity contribution in [3.63, 3.8) is 0 Å². The number of pyridine rings is 2. The zero-order valence-electron chi connectivity index (χ0n) is 21.6. The van der Waals surface area contributed by atoms with Gasteiger partial charge in [0.25, 0.3) is 5.91 Å². The Bertz CT molecular complexity index is 1580. The summed E-state index contributed by atoms with van der Waals surface area (Å²) in [6.45, 7) is 1.89. The van der Waals surface area contributed by atoms with Gasteiger partial charge in [-0.3, -0.25) is 4.79 Å². The second-order valence-corrected chi connectivity index (χ2v) is 9.66. The number of rotatable bonds is 5. The fourth-order valence-electron chi connectivity index (χ4n) is 4.88. The second kappa shape index (κ2) is 10.1. The average molecular weight is 558 g/mol. The monoisotopic (exact) mass is 557 g/mol. The van der Waals surface area contributed by atoms with Crippen molar-refractivity contribution in [2.24, 2.45) is 5.73 Å². The molecule has 0 radical (unpaired) electrons. The molecule has 0 spiro atoms. The molecule has 1 aliphatic rings. The number of carbonyl (C=O) groups excluding carboxylic acids is 1. The molecular formula is C27H26F3N5O5. The van der Waals surface area contributed by atoms with E-state index in [0.717, 1.165) is 6.07 Å². The van der Waals surface area contributed by atoms with Crippen molar-refractivity contribution < 1.29 is 37.0 Å². The highest BCUT2D eigenvalue weighted by Crippen LogP contribution is 2.38. The molecule has 3 aromatic heterocycles. The molecule has 0 bridgehead atoms. The van der Waals surface area contributed by atoms with Crippen molar-refractivity contribution in [3.05, 3.63) is 76.7 Å². The van der Waals surface area contributed by atoms with E-state index in [1.165, 1.54) is 30.3 Å². The van der Waals surface area contributed by atoms with Gasteiger partial charge in [-0.05, 0) is 37.3 Å². The number of amides is 1. The lowest BCUT2D eigenvalue weighted by Crippen LogP contribution is -2.50. The fraction of sp³-hybridized carbons (Fsp3) is 0.333. The third-order valence-electron chi connectivity index (χ3n) is 7.01. The highest BCUT2D eigenvalue weighted by molar-refractivity contribution is 5.98. The lowest BCUT2D eigenvalue weighted by Gasteiger charge is -2.36. The Hall–Kier alpha value is -4.23. The summed E-state index contributed by atoms with van der Waals surface area (Å²) in [4.78, 5) is 23.2. The maximum Gasteiger partial charge on any atom is 0.433 e. The molecular weight excluding hydrogens is 531 g/mol. The Morgan fingerprint density at radius 3 is 2.55 bits per heavy atom. The normalized spacial score (nSPS) is 16.2. The number of aliphatic hydroxyl groups is 1. The summed E-state index contributed by atoms with van der Waals surface area (Å²) in [6, 6.07) is 9.14. The van der Waals surface area contributed by atoms with Gasteiger partial charge in [-0.25, -0.2) is 9.97 Å². The van der Waals surface area contributed by atoms with Gasteiger partial charge in [-0.2, -0.15) is 17.9 Å². The predicted octanol–water partition coefficient (Wildman–Crippen LogP) is 3.69. The molecule has 4 aromatic rings.